The Balaban J connectivity index is 1.49. The highest BCUT2D eigenvalue weighted by Crippen LogP contribution is 2.21. The van der Waals surface area contributed by atoms with Gasteiger partial charge in [-0.2, -0.15) is 5.10 Å². The molecular formula is C15H23N5O2. The Hall–Kier alpha value is -2.05. The predicted octanol–water partition coefficient (Wildman–Crippen LogP) is 1.29. The van der Waals surface area contributed by atoms with E-state index in [1.165, 1.54) is 0 Å². The summed E-state index contributed by atoms with van der Waals surface area (Å²) in [5, 5.41) is 6.94. The van der Waals surface area contributed by atoms with Gasteiger partial charge in [0.15, 0.2) is 0 Å². The number of amides is 3. The molecule has 0 saturated carbocycles. The van der Waals surface area contributed by atoms with Crippen LogP contribution in [0.3, 0.4) is 0 Å². The fraction of sp³-hybridized carbons (Fsp3) is 0.667. The normalized spacial score (nSPS) is 19.5. The lowest BCUT2D eigenvalue weighted by Gasteiger charge is -2.34. The molecular weight excluding hydrogens is 282 g/mol. The largest absolute Gasteiger partial charge is 0.325 e. The maximum atomic E-state index is 12.3. The van der Waals surface area contributed by atoms with Crippen molar-refractivity contribution in [3.05, 3.63) is 12.3 Å². The van der Waals surface area contributed by atoms with E-state index in [0.29, 0.717) is 18.9 Å². The lowest BCUT2D eigenvalue weighted by Crippen LogP contribution is -2.47. The standard InChI is InChI=1S/C15H23N5O2/c1-18-13(4-7-16-18)17-14(21)12-5-10-20(11-6-12)15(22)19-8-2-3-9-19/h4,7,12H,2-3,5-6,8-11H2,1H3,(H,17,21). The first-order valence-electron chi connectivity index (χ1n) is 7.98. The number of hydrogen-bond acceptors (Lipinski definition) is 3. The highest BCUT2D eigenvalue weighted by molar-refractivity contribution is 5.92. The summed E-state index contributed by atoms with van der Waals surface area (Å²) >= 11 is 0. The fourth-order valence-electron chi connectivity index (χ4n) is 3.17. The number of nitrogens with one attached hydrogen (secondary N) is 1. The van der Waals surface area contributed by atoms with Crippen LogP contribution >= 0.6 is 0 Å². The average Bonchev–Trinajstić information content (AvgIpc) is 3.19. The summed E-state index contributed by atoms with van der Waals surface area (Å²) in [7, 11) is 1.80. The van der Waals surface area contributed by atoms with Crippen LogP contribution in [0.5, 0.6) is 0 Å². The number of carbonyl (C=O) groups excluding carboxylic acids is 2. The second kappa shape index (κ2) is 6.37. The van der Waals surface area contributed by atoms with E-state index in [4.69, 9.17) is 0 Å². The van der Waals surface area contributed by atoms with Gasteiger partial charge < -0.3 is 15.1 Å². The molecule has 2 saturated heterocycles. The van der Waals surface area contributed by atoms with Gasteiger partial charge in [0.1, 0.15) is 5.82 Å². The van der Waals surface area contributed by atoms with Gasteiger partial charge in [-0.1, -0.05) is 0 Å². The maximum Gasteiger partial charge on any atom is 0.319 e. The number of piperidine rings is 1. The predicted molar refractivity (Wildman–Crippen MR) is 82.3 cm³/mol. The molecule has 3 rings (SSSR count). The molecule has 7 nitrogen and oxygen atoms in total. The second-order valence-corrected chi connectivity index (χ2v) is 6.07. The van der Waals surface area contributed by atoms with Crippen LogP contribution in [0, 0.1) is 5.92 Å². The Kier molecular flexibility index (Phi) is 4.31. The lowest BCUT2D eigenvalue weighted by atomic mass is 9.96. The van der Waals surface area contributed by atoms with Gasteiger partial charge in [-0.3, -0.25) is 9.48 Å². The summed E-state index contributed by atoms with van der Waals surface area (Å²) in [6.45, 7) is 3.08. The van der Waals surface area contributed by atoms with Crippen LogP contribution in [0.2, 0.25) is 0 Å². The summed E-state index contributed by atoms with van der Waals surface area (Å²) in [4.78, 5) is 28.4. The van der Waals surface area contributed by atoms with Gasteiger partial charge in [-0.25, -0.2) is 4.79 Å². The number of hydrogen-bond donors (Lipinski definition) is 1. The zero-order valence-electron chi connectivity index (χ0n) is 13.0. The molecule has 1 N–H and O–H groups in total. The first-order chi connectivity index (χ1) is 10.6. The second-order valence-electron chi connectivity index (χ2n) is 6.07. The van der Waals surface area contributed by atoms with Crippen LogP contribution in [-0.2, 0) is 11.8 Å². The van der Waals surface area contributed by atoms with Crippen LogP contribution in [0.4, 0.5) is 10.6 Å². The molecule has 0 bridgehead atoms. The number of likely N-dealkylation sites (tertiary alicyclic amines) is 2. The van der Waals surface area contributed by atoms with E-state index in [9.17, 15) is 9.59 Å². The summed E-state index contributed by atoms with van der Waals surface area (Å²) in [5.41, 5.74) is 0. The molecule has 7 heteroatoms. The first-order valence-corrected chi connectivity index (χ1v) is 7.98. The van der Waals surface area contributed by atoms with Crippen molar-refractivity contribution in [2.75, 3.05) is 31.5 Å². The zero-order valence-corrected chi connectivity index (χ0v) is 13.0. The molecule has 3 heterocycles. The molecule has 0 radical (unpaired) electrons. The van der Waals surface area contributed by atoms with Crippen molar-refractivity contribution in [2.24, 2.45) is 13.0 Å². The number of aryl methyl sites for hydroxylation is 1. The Morgan fingerprint density at radius 3 is 2.36 bits per heavy atom. The van der Waals surface area contributed by atoms with Crippen molar-refractivity contribution in [1.82, 2.24) is 19.6 Å². The number of anilines is 1. The van der Waals surface area contributed by atoms with Gasteiger partial charge in [-0.05, 0) is 25.7 Å². The smallest absolute Gasteiger partial charge is 0.319 e. The topological polar surface area (TPSA) is 70.5 Å². The van der Waals surface area contributed by atoms with E-state index in [1.54, 1.807) is 24.0 Å². The zero-order chi connectivity index (χ0) is 15.5. The molecule has 3 amide bonds. The molecule has 2 fully saturated rings. The van der Waals surface area contributed by atoms with Crippen LogP contribution in [0.15, 0.2) is 12.3 Å². The van der Waals surface area contributed by atoms with Gasteiger partial charge in [0, 0.05) is 45.2 Å². The Labute approximate surface area is 130 Å². The van der Waals surface area contributed by atoms with Crippen LogP contribution in [0.1, 0.15) is 25.7 Å². The van der Waals surface area contributed by atoms with E-state index < -0.39 is 0 Å². The van der Waals surface area contributed by atoms with E-state index in [1.807, 2.05) is 9.80 Å². The molecule has 1 aromatic heterocycles. The van der Waals surface area contributed by atoms with E-state index in [2.05, 4.69) is 10.4 Å². The number of urea groups is 1. The van der Waals surface area contributed by atoms with E-state index in [-0.39, 0.29) is 17.9 Å². The van der Waals surface area contributed by atoms with Crippen molar-refractivity contribution >= 4 is 17.8 Å². The Morgan fingerprint density at radius 1 is 1.14 bits per heavy atom. The van der Waals surface area contributed by atoms with Crippen LogP contribution in [0.25, 0.3) is 0 Å². The van der Waals surface area contributed by atoms with Crippen LogP contribution in [-0.4, -0.2) is 57.7 Å². The third-order valence-corrected chi connectivity index (χ3v) is 4.59. The molecule has 0 aromatic carbocycles. The van der Waals surface area contributed by atoms with Gasteiger partial charge >= 0.3 is 6.03 Å². The summed E-state index contributed by atoms with van der Waals surface area (Å²) in [6, 6.07) is 1.92. The van der Waals surface area contributed by atoms with Gasteiger partial charge in [-0.15, -0.1) is 0 Å². The van der Waals surface area contributed by atoms with Crippen molar-refractivity contribution < 1.29 is 9.59 Å². The Bertz CT molecular complexity index is 542. The average molecular weight is 305 g/mol. The maximum absolute atomic E-state index is 12.3. The SMILES string of the molecule is Cn1nccc1NC(=O)C1CCN(C(=O)N2CCCC2)CC1. The molecule has 2 aliphatic rings. The first kappa shape index (κ1) is 14.9. The quantitative estimate of drug-likeness (QED) is 0.895. The van der Waals surface area contributed by atoms with Crippen LogP contribution < -0.4 is 5.32 Å². The van der Waals surface area contributed by atoms with Gasteiger partial charge in [0.2, 0.25) is 5.91 Å². The van der Waals surface area contributed by atoms with Crippen molar-refractivity contribution in [2.45, 2.75) is 25.7 Å². The molecule has 0 spiro atoms. The van der Waals surface area contributed by atoms with Crippen molar-refractivity contribution in [3.8, 4) is 0 Å². The summed E-state index contributed by atoms with van der Waals surface area (Å²) < 4.78 is 1.64. The third kappa shape index (κ3) is 3.08. The minimum atomic E-state index is -0.0301. The molecule has 0 unspecified atom stereocenters. The van der Waals surface area contributed by atoms with E-state index in [0.717, 1.165) is 38.8 Å². The Morgan fingerprint density at radius 2 is 1.77 bits per heavy atom. The molecule has 120 valence electrons. The monoisotopic (exact) mass is 305 g/mol. The number of aromatic nitrogens is 2. The van der Waals surface area contributed by atoms with Gasteiger partial charge in [0.25, 0.3) is 0 Å². The minimum Gasteiger partial charge on any atom is -0.325 e. The third-order valence-electron chi connectivity index (χ3n) is 4.59. The number of nitrogens with zero attached hydrogens (tertiary/aromatic N) is 4. The number of carbonyl (C=O) groups is 2. The van der Waals surface area contributed by atoms with Gasteiger partial charge in [0.05, 0.1) is 6.20 Å². The molecule has 0 aliphatic carbocycles. The van der Waals surface area contributed by atoms with Crippen molar-refractivity contribution in [3.63, 3.8) is 0 Å². The lowest BCUT2D eigenvalue weighted by molar-refractivity contribution is -0.121. The van der Waals surface area contributed by atoms with E-state index >= 15 is 0 Å². The fourth-order valence-corrected chi connectivity index (χ4v) is 3.17. The summed E-state index contributed by atoms with van der Waals surface area (Å²) in [6.07, 6.45) is 5.32. The molecule has 22 heavy (non-hydrogen) atoms. The molecule has 1 aromatic rings. The minimum absolute atomic E-state index is 0.0249. The summed E-state index contributed by atoms with van der Waals surface area (Å²) in [5.74, 6) is 0.704. The highest BCUT2D eigenvalue weighted by atomic mass is 16.2. The molecule has 2 aliphatic heterocycles. The molecule has 0 atom stereocenters. The highest BCUT2D eigenvalue weighted by Gasteiger charge is 2.30. The number of rotatable bonds is 2. The van der Waals surface area contributed by atoms with Crippen molar-refractivity contribution in [1.29, 1.82) is 0 Å².